The van der Waals surface area contributed by atoms with Gasteiger partial charge in [0.2, 0.25) is 0 Å². The van der Waals surface area contributed by atoms with E-state index in [0.29, 0.717) is 41.0 Å². The van der Waals surface area contributed by atoms with Crippen LogP contribution in [0.5, 0.6) is 23.0 Å². The van der Waals surface area contributed by atoms with Gasteiger partial charge in [-0.25, -0.2) is 4.98 Å². The molecule has 0 N–H and O–H groups in total. The molecule has 0 bridgehead atoms. The molecule has 0 spiro atoms. The van der Waals surface area contributed by atoms with Gasteiger partial charge in [-0.2, -0.15) is 5.26 Å². The normalized spacial score (nSPS) is 11.0. The van der Waals surface area contributed by atoms with Gasteiger partial charge in [0.15, 0.2) is 11.5 Å². The molecule has 6 nitrogen and oxygen atoms in total. The van der Waals surface area contributed by atoms with Crippen LogP contribution in [0.3, 0.4) is 0 Å². The van der Waals surface area contributed by atoms with Crippen LogP contribution in [0.4, 0.5) is 0 Å². The standard InChI is InChI=1S/C24H24N2O4S/c1-5-29-19-9-7-17(22(13-19)30-6-2)11-18(14-25)24-26-20(15-31-24)16-8-10-21(27-3)23(12-16)28-4/h7-13,15H,5-6H2,1-4H3/b18-11+. The molecule has 0 aliphatic rings. The highest BCUT2D eigenvalue weighted by Gasteiger charge is 2.13. The van der Waals surface area contributed by atoms with Crippen molar-refractivity contribution >= 4 is 23.0 Å². The Morgan fingerprint density at radius 3 is 2.45 bits per heavy atom. The predicted octanol–water partition coefficient (Wildman–Crippen LogP) is 5.69. The predicted molar refractivity (Wildman–Crippen MR) is 123 cm³/mol. The Kier molecular flexibility index (Phi) is 7.52. The molecule has 0 radical (unpaired) electrons. The number of thiazole rings is 1. The summed E-state index contributed by atoms with van der Waals surface area (Å²) in [5.41, 5.74) is 2.90. The number of nitriles is 1. The van der Waals surface area contributed by atoms with E-state index < -0.39 is 0 Å². The number of benzene rings is 2. The lowest BCUT2D eigenvalue weighted by Gasteiger charge is -2.10. The maximum Gasteiger partial charge on any atom is 0.161 e. The second-order valence-corrected chi connectivity index (χ2v) is 7.20. The largest absolute Gasteiger partial charge is 0.494 e. The number of aromatic nitrogens is 1. The highest BCUT2D eigenvalue weighted by Crippen LogP contribution is 2.35. The van der Waals surface area contributed by atoms with Gasteiger partial charge in [0.05, 0.1) is 38.7 Å². The minimum Gasteiger partial charge on any atom is -0.494 e. The SMILES string of the molecule is CCOc1ccc(/C=C(\C#N)c2nc(-c3ccc(OC)c(OC)c3)cs2)c(OCC)c1. The average molecular weight is 437 g/mol. The van der Waals surface area contributed by atoms with Gasteiger partial charge >= 0.3 is 0 Å². The summed E-state index contributed by atoms with van der Waals surface area (Å²) in [5.74, 6) is 2.67. The maximum absolute atomic E-state index is 9.78. The number of rotatable bonds is 9. The van der Waals surface area contributed by atoms with Crippen LogP contribution >= 0.6 is 11.3 Å². The van der Waals surface area contributed by atoms with E-state index in [4.69, 9.17) is 18.9 Å². The molecule has 1 heterocycles. The zero-order chi connectivity index (χ0) is 22.2. The van der Waals surface area contributed by atoms with Gasteiger partial charge < -0.3 is 18.9 Å². The molecule has 31 heavy (non-hydrogen) atoms. The number of methoxy groups -OCH3 is 2. The molecule has 0 aliphatic carbocycles. The number of ether oxygens (including phenoxy) is 4. The van der Waals surface area contributed by atoms with E-state index in [1.807, 2.05) is 55.6 Å². The van der Waals surface area contributed by atoms with Gasteiger partial charge in [-0.05, 0) is 50.3 Å². The molecule has 7 heteroatoms. The zero-order valence-electron chi connectivity index (χ0n) is 18.0. The summed E-state index contributed by atoms with van der Waals surface area (Å²) in [6.07, 6.45) is 1.79. The molecule has 0 saturated heterocycles. The molecule has 2 aromatic carbocycles. The van der Waals surface area contributed by atoms with Crippen LogP contribution < -0.4 is 18.9 Å². The van der Waals surface area contributed by atoms with Crippen LogP contribution in [-0.4, -0.2) is 32.4 Å². The van der Waals surface area contributed by atoms with Crippen LogP contribution in [-0.2, 0) is 0 Å². The summed E-state index contributed by atoms with van der Waals surface area (Å²) < 4.78 is 22.0. The van der Waals surface area contributed by atoms with Crippen molar-refractivity contribution in [3.8, 4) is 40.3 Å². The van der Waals surface area contributed by atoms with Gasteiger partial charge in [0.1, 0.15) is 22.6 Å². The summed E-state index contributed by atoms with van der Waals surface area (Å²) in [6.45, 7) is 4.93. The first-order chi connectivity index (χ1) is 15.1. The van der Waals surface area contributed by atoms with E-state index in [1.165, 1.54) is 11.3 Å². The first-order valence-corrected chi connectivity index (χ1v) is 10.7. The molecule has 0 fully saturated rings. The van der Waals surface area contributed by atoms with Crippen LogP contribution in [0.15, 0.2) is 41.8 Å². The maximum atomic E-state index is 9.78. The van der Waals surface area contributed by atoms with Gasteiger partial charge in [0.25, 0.3) is 0 Å². The molecule has 0 unspecified atom stereocenters. The molecular formula is C24H24N2O4S. The second kappa shape index (κ2) is 10.5. The van der Waals surface area contributed by atoms with Crippen LogP contribution in [0.25, 0.3) is 22.9 Å². The topological polar surface area (TPSA) is 73.6 Å². The molecule has 1 aromatic heterocycles. The lowest BCUT2D eigenvalue weighted by atomic mass is 10.1. The van der Waals surface area contributed by atoms with E-state index in [2.05, 4.69) is 11.1 Å². The second-order valence-electron chi connectivity index (χ2n) is 6.34. The smallest absolute Gasteiger partial charge is 0.161 e. The molecule has 0 amide bonds. The summed E-state index contributed by atoms with van der Waals surface area (Å²) in [5, 5.41) is 12.3. The molecule has 160 valence electrons. The quantitative estimate of drug-likeness (QED) is 0.401. The highest BCUT2D eigenvalue weighted by atomic mass is 32.1. The van der Waals surface area contributed by atoms with Crippen molar-refractivity contribution in [3.63, 3.8) is 0 Å². The van der Waals surface area contributed by atoms with Crippen molar-refractivity contribution in [1.82, 2.24) is 4.98 Å². The Balaban J connectivity index is 1.95. The fourth-order valence-electron chi connectivity index (χ4n) is 2.99. The Morgan fingerprint density at radius 2 is 1.77 bits per heavy atom. The van der Waals surface area contributed by atoms with Crippen molar-refractivity contribution in [2.24, 2.45) is 0 Å². The van der Waals surface area contributed by atoms with Crippen molar-refractivity contribution in [3.05, 3.63) is 52.3 Å². The molecule has 3 rings (SSSR count). The monoisotopic (exact) mass is 436 g/mol. The Bertz CT molecular complexity index is 1120. The minimum atomic E-state index is 0.460. The molecule has 0 saturated carbocycles. The van der Waals surface area contributed by atoms with Crippen molar-refractivity contribution in [1.29, 1.82) is 5.26 Å². The summed E-state index contributed by atoms with van der Waals surface area (Å²) in [6, 6.07) is 13.5. The van der Waals surface area contributed by atoms with Crippen molar-refractivity contribution in [2.75, 3.05) is 27.4 Å². The number of hydrogen-bond donors (Lipinski definition) is 0. The average Bonchev–Trinajstić information content (AvgIpc) is 3.28. The highest BCUT2D eigenvalue weighted by molar-refractivity contribution is 7.11. The third-order valence-electron chi connectivity index (χ3n) is 4.43. The number of hydrogen-bond acceptors (Lipinski definition) is 7. The molecule has 0 atom stereocenters. The zero-order valence-corrected chi connectivity index (χ0v) is 18.8. The number of nitrogens with zero attached hydrogens (tertiary/aromatic N) is 2. The van der Waals surface area contributed by atoms with Gasteiger partial charge in [0, 0.05) is 22.6 Å². The minimum absolute atomic E-state index is 0.460. The Labute approximate surface area is 186 Å². The van der Waals surface area contributed by atoms with Gasteiger partial charge in [-0.3, -0.25) is 0 Å². The molecule has 0 aliphatic heterocycles. The Hall–Kier alpha value is -3.50. The summed E-state index contributed by atoms with van der Waals surface area (Å²) in [7, 11) is 3.19. The first kappa shape index (κ1) is 22.2. The third-order valence-corrected chi connectivity index (χ3v) is 5.31. The van der Waals surface area contributed by atoms with E-state index >= 15 is 0 Å². The fourth-order valence-corrected chi connectivity index (χ4v) is 3.79. The van der Waals surface area contributed by atoms with Crippen molar-refractivity contribution in [2.45, 2.75) is 13.8 Å². The van der Waals surface area contributed by atoms with Crippen LogP contribution in [0.2, 0.25) is 0 Å². The van der Waals surface area contributed by atoms with Crippen LogP contribution in [0, 0.1) is 11.3 Å². The first-order valence-electron chi connectivity index (χ1n) is 9.83. The van der Waals surface area contributed by atoms with Gasteiger partial charge in [-0.1, -0.05) is 0 Å². The molecular weight excluding hydrogens is 412 g/mol. The number of allylic oxidation sites excluding steroid dienone is 1. The lowest BCUT2D eigenvalue weighted by Crippen LogP contribution is -1.97. The fraction of sp³-hybridized carbons (Fsp3) is 0.250. The van der Waals surface area contributed by atoms with Crippen LogP contribution in [0.1, 0.15) is 24.4 Å². The third kappa shape index (κ3) is 5.16. The van der Waals surface area contributed by atoms with E-state index in [-0.39, 0.29) is 0 Å². The Morgan fingerprint density at radius 1 is 1.00 bits per heavy atom. The summed E-state index contributed by atoms with van der Waals surface area (Å²) in [4.78, 5) is 4.67. The van der Waals surface area contributed by atoms with Gasteiger partial charge in [-0.15, -0.1) is 11.3 Å². The lowest BCUT2D eigenvalue weighted by molar-refractivity contribution is 0.322. The van der Waals surface area contributed by atoms with Crippen molar-refractivity contribution < 1.29 is 18.9 Å². The van der Waals surface area contributed by atoms with E-state index in [9.17, 15) is 5.26 Å². The summed E-state index contributed by atoms with van der Waals surface area (Å²) >= 11 is 1.41. The van der Waals surface area contributed by atoms with E-state index in [0.717, 1.165) is 22.6 Å². The molecule has 3 aromatic rings. The van der Waals surface area contributed by atoms with E-state index in [1.54, 1.807) is 20.3 Å².